The number of nitrogens with one attached hydrogen (secondary N) is 2. The number of hydrogen-bond donors (Lipinski definition) is 2. The summed E-state index contributed by atoms with van der Waals surface area (Å²) in [4.78, 5) is 34.1. The van der Waals surface area contributed by atoms with Crippen LogP contribution in [0.5, 0.6) is 5.75 Å². The molecule has 0 aromatic heterocycles. The molecule has 1 atom stereocenters. The zero-order valence-electron chi connectivity index (χ0n) is 13.9. The fourth-order valence-corrected chi connectivity index (χ4v) is 2.28. The van der Waals surface area contributed by atoms with Crippen LogP contribution in [-0.4, -0.2) is 36.1 Å². The number of likely N-dealkylation sites (N-methyl/N-ethyl adjacent to an activating group) is 1. The maximum atomic E-state index is 11.9. The number of nitrogens with zero attached hydrogens (tertiary/aromatic N) is 1. The molecule has 9 heteroatoms. The molecule has 1 heterocycles. The number of carbonyl (C=O) groups is 2. The average molecular weight is 349 g/mol. The van der Waals surface area contributed by atoms with E-state index in [4.69, 9.17) is 9.47 Å². The van der Waals surface area contributed by atoms with E-state index in [9.17, 15) is 19.7 Å². The summed E-state index contributed by atoms with van der Waals surface area (Å²) in [6.07, 6.45) is 2.62. The van der Waals surface area contributed by atoms with E-state index >= 15 is 0 Å². The second-order valence-electron chi connectivity index (χ2n) is 5.35. The first-order valence-electron chi connectivity index (χ1n) is 7.70. The number of ether oxygens (including phenoxy) is 2. The molecule has 134 valence electrons. The Labute approximate surface area is 144 Å². The molecule has 9 nitrogen and oxygen atoms in total. The number of hydrogen-bond acceptors (Lipinski definition) is 6. The highest BCUT2D eigenvalue weighted by molar-refractivity contribution is 5.95. The van der Waals surface area contributed by atoms with E-state index in [1.165, 1.54) is 24.3 Å². The van der Waals surface area contributed by atoms with Gasteiger partial charge < -0.3 is 20.1 Å². The van der Waals surface area contributed by atoms with Gasteiger partial charge in [-0.1, -0.05) is 0 Å². The molecule has 0 saturated heterocycles. The topological polar surface area (TPSA) is 120 Å². The lowest BCUT2D eigenvalue weighted by molar-refractivity contribution is -0.385. The third-order valence-corrected chi connectivity index (χ3v) is 3.45. The molecule has 1 aromatic rings. The molecule has 0 bridgehead atoms. The van der Waals surface area contributed by atoms with Crippen molar-refractivity contribution in [3.05, 3.63) is 39.4 Å². The van der Waals surface area contributed by atoms with Gasteiger partial charge in [0.15, 0.2) is 6.79 Å². The zero-order valence-corrected chi connectivity index (χ0v) is 13.9. The van der Waals surface area contributed by atoms with Gasteiger partial charge in [0.05, 0.1) is 11.5 Å². The standard InChI is InChI=1S/C16H19N3O6/c1-3-17-16(21)10(2)18-14(20)5-4-11-6-13(19(22)23)7-12-8-24-9-25-15(11)12/h4-7,10H,3,8-9H2,1-2H3,(H,17,21)(H,18,20)/b5-4+/t10-/m0/s1. The number of non-ortho nitro benzene ring substituents is 1. The summed E-state index contributed by atoms with van der Waals surface area (Å²) in [5.74, 6) is -0.346. The van der Waals surface area contributed by atoms with Gasteiger partial charge in [-0.3, -0.25) is 19.7 Å². The molecule has 1 aliphatic heterocycles. The Morgan fingerprint density at radius 2 is 2.20 bits per heavy atom. The van der Waals surface area contributed by atoms with Crippen LogP contribution in [0.3, 0.4) is 0 Å². The molecule has 2 rings (SSSR count). The van der Waals surface area contributed by atoms with Crippen LogP contribution in [0.4, 0.5) is 5.69 Å². The van der Waals surface area contributed by atoms with Gasteiger partial charge in [-0.2, -0.15) is 0 Å². The summed E-state index contributed by atoms with van der Waals surface area (Å²) in [7, 11) is 0. The van der Waals surface area contributed by atoms with Crippen LogP contribution in [-0.2, 0) is 20.9 Å². The highest BCUT2D eigenvalue weighted by Gasteiger charge is 2.20. The van der Waals surface area contributed by atoms with Crippen molar-refractivity contribution in [2.24, 2.45) is 0 Å². The van der Waals surface area contributed by atoms with E-state index in [0.717, 1.165) is 0 Å². The van der Waals surface area contributed by atoms with Crippen LogP contribution < -0.4 is 15.4 Å². The number of nitro benzene ring substituents is 1. The Morgan fingerprint density at radius 3 is 2.88 bits per heavy atom. The van der Waals surface area contributed by atoms with Crippen molar-refractivity contribution in [2.45, 2.75) is 26.5 Å². The third-order valence-electron chi connectivity index (χ3n) is 3.45. The highest BCUT2D eigenvalue weighted by Crippen LogP contribution is 2.33. The summed E-state index contributed by atoms with van der Waals surface area (Å²) in [5.41, 5.74) is 0.813. The number of rotatable bonds is 6. The summed E-state index contributed by atoms with van der Waals surface area (Å²) in [6, 6.07) is 2.00. The Morgan fingerprint density at radius 1 is 1.44 bits per heavy atom. The third kappa shape index (κ3) is 4.77. The molecule has 0 fully saturated rings. The van der Waals surface area contributed by atoms with E-state index < -0.39 is 16.9 Å². The van der Waals surface area contributed by atoms with E-state index in [0.29, 0.717) is 23.4 Å². The van der Waals surface area contributed by atoms with Gasteiger partial charge in [-0.05, 0) is 19.9 Å². The molecule has 1 aromatic carbocycles. The minimum atomic E-state index is -0.694. The Balaban J connectivity index is 2.16. The predicted molar refractivity (Wildman–Crippen MR) is 88.7 cm³/mol. The average Bonchev–Trinajstić information content (AvgIpc) is 2.59. The fourth-order valence-electron chi connectivity index (χ4n) is 2.28. The zero-order chi connectivity index (χ0) is 18.4. The van der Waals surface area contributed by atoms with Crippen molar-refractivity contribution in [2.75, 3.05) is 13.3 Å². The lowest BCUT2D eigenvalue weighted by atomic mass is 10.1. The van der Waals surface area contributed by atoms with Crippen molar-refractivity contribution < 1.29 is 24.0 Å². The minimum Gasteiger partial charge on any atom is -0.467 e. The van der Waals surface area contributed by atoms with Gasteiger partial charge in [0.2, 0.25) is 11.8 Å². The summed E-state index contributed by atoms with van der Waals surface area (Å²) < 4.78 is 10.5. The molecule has 2 N–H and O–H groups in total. The summed E-state index contributed by atoms with van der Waals surface area (Å²) >= 11 is 0. The minimum absolute atomic E-state index is 0.0338. The van der Waals surface area contributed by atoms with Gasteiger partial charge in [-0.15, -0.1) is 0 Å². The van der Waals surface area contributed by atoms with Crippen LogP contribution >= 0.6 is 0 Å². The molecule has 0 unspecified atom stereocenters. The van der Waals surface area contributed by atoms with Crippen molar-refractivity contribution in [1.82, 2.24) is 10.6 Å². The Kier molecular flexibility index (Phi) is 6.07. The molecule has 1 aliphatic rings. The molecular formula is C16H19N3O6. The molecule has 0 radical (unpaired) electrons. The number of benzene rings is 1. The highest BCUT2D eigenvalue weighted by atomic mass is 16.7. The van der Waals surface area contributed by atoms with Gasteiger partial charge >= 0.3 is 0 Å². The monoisotopic (exact) mass is 349 g/mol. The first kappa shape index (κ1) is 18.4. The molecule has 2 amide bonds. The number of carbonyl (C=O) groups excluding carboxylic acids is 2. The maximum Gasteiger partial charge on any atom is 0.270 e. The fraction of sp³-hybridized carbons (Fsp3) is 0.375. The van der Waals surface area contributed by atoms with Crippen LogP contribution in [0, 0.1) is 10.1 Å². The first-order valence-corrected chi connectivity index (χ1v) is 7.70. The Bertz CT molecular complexity index is 716. The number of nitro groups is 1. The van der Waals surface area contributed by atoms with Gasteiger partial charge in [0.1, 0.15) is 11.8 Å². The molecule has 0 aliphatic carbocycles. The molecule has 25 heavy (non-hydrogen) atoms. The molecule has 0 spiro atoms. The van der Waals surface area contributed by atoms with E-state index in [1.807, 2.05) is 0 Å². The van der Waals surface area contributed by atoms with Gasteiger partial charge in [-0.25, -0.2) is 0 Å². The van der Waals surface area contributed by atoms with Crippen molar-refractivity contribution in [3.63, 3.8) is 0 Å². The normalized spacial score (nSPS) is 14.3. The second-order valence-corrected chi connectivity index (χ2v) is 5.35. The first-order chi connectivity index (χ1) is 11.9. The van der Waals surface area contributed by atoms with E-state index in [-0.39, 0.29) is 25.0 Å². The second kappa shape index (κ2) is 8.25. The Hall–Kier alpha value is -2.94. The largest absolute Gasteiger partial charge is 0.467 e. The van der Waals surface area contributed by atoms with Crippen molar-refractivity contribution in [1.29, 1.82) is 0 Å². The van der Waals surface area contributed by atoms with E-state index in [1.54, 1.807) is 13.8 Å². The van der Waals surface area contributed by atoms with Gasteiger partial charge in [0.25, 0.3) is 5.69 Å². The van der Waals surface area contributed by atoms with Crippen LogP contribution in [0.2, 0.25) is 0 Å². The lowest BCUT2D eigenvalue weighted by Crippen LogP contribution is -2.44. The van der Waals surface area contributed by atoms with E-state index in [2.05, 4.69) is 10.6 Å². The molecule has 0 saturated carbocycles. The van der Waals surface area contributed by atoms with Gasteiger partial charge in [0, 0.05) is 35.9 Å². The smallest absolute Gasteiger partial charge is 0.270 e. The lowest BCUT2D eigenvalue weighted by Gasteiger charge is -2.19. The summed E-state index contributed by atoms with van der Waals surface area (Å²) in [6.45, 7) is 4.03. The van der Waals surface area contributed by atoms with Crippen molar-refractivity contribution in [3.8, 4) is 5.75 Å². The quantitative estimate of drug-likeness (QED) is 0.451. The predicted octanol–water partition coefficient (Wildman–Crippen LogP) is 1.12. The molecular weight excluding hydrogens is 330 g/mol. The number of fused-ring (bicyclic) bond motifs is 1. The van der Waals surface area contributed by atoms with Crippen LogP contribution in [0.1, 0.15) is 25.0 Å². The maximum absolute atomic E-state index is 11.9. The van der Waals surface area contributed by atoms with Crippen molar-refractivity contribution >= 4 is 23.6 Å². The number of amides is 2. The van der Waals surface area contributed by atoms with Crippen LogP contribution in [0.15, 0.2) is 18.2 Å². The SMILES string of the molecule is CCNC(=O)[C@H](C)NC(=O)/C=C/c1cc([N+](=O)[O-])cc2c1OCOC2. The summed E-state index contributed by atoms with van der Waals surface area (Å²) in [5, 5.41) is 16.1. The van der Waals surface area contributed by atoms with Crippen LogP contribution in [0.25, 0.3) is 6.08 Å².